The number of hydrogen-bond donors (Lipinski definition) is 0. The molecule has 0 aliphatic rings. The summed E-state index contributed by atoms with van der Waals surface area (Å²) in [5.74, 6) is 0.784. The largest absolute Gasteiger partial charge is 0.454 e. The van der Waals surface area contributed by atoms with Crippen LogP contribution in [0.3, 0.4) is 0 Å². The number of furan rings is 1. The maximum Gasteiger partial charge on any atom is 0.161 e. The van der Waals surface area contributed by atoms with Gasteiger partial charge in [0.2, 0.25) is 0 Å². The molecule has 0 radical (unpaired) electrons. The van der Waals surface area contributed by atoms with E-state index in [9.17, 15) is 0 Å². The topological polar surface area (TPSA) is 61.7 Å². The van der Waals surface area contributed by atoms with Crippen molar-refractivity contribution in [1.82, 2.24) is 24.3 Å². The van der Waals surface area contributed by atoms with Crippen LogP contribution >= 0.6 is 0 Å². The highest BCUT2D eigenvalue weighted by Crippen LogP contribution is 2.34. The number of fused-ring (bicyclic) bond motifs is 2. The van der Waals surface area contributed by atoms with Crippen molar-refractivity contribution < 1.29 is 4.42 Å². The number of nitrogens with zero attached hydrogens (tertiary/aromatic N) is 5. The Labute approximate surface area is 143 Å². The predicted octanol–water partition coefficient (Wildman–Crippen LogP) is 3.78. The zero-order valence-corrected chi connectivity index (χ0v) is 13.8. The number of pyridine rings is 1. The second kappa shape index (κ2) is 5.04. The fraction of sp³-hybridized carbons (Fsp3) is 0.105. The molecule has 0 bridgehead atoms. The van der Waals surface area contributed by atoms with Crippen LogP contribution in [-0.2, 0) is 14.1 Å². The maximum atomic E-state index is 6.17. The summed E-state index contributed by atoms with van der Waals surface area (Å²) in [6.07, 6.45) is 7.41. The molecule has 5 rings (SSSR count). The third-order valence-electron chi connectivity index (χ3n) is 4.44. The minimum Gasteiger partial charge on any atom is -0.454 e. The SMILES string of the molecule is Cn1cc(-c2ccnc3cc(-c4ccc5c(c4)ncn5C)oc23)cn1. The zero-order valence-electron chi connectivity index (χ0n) is 13.8. The first-order chi connectivity index (χ1) is 12.2. The summed E-state index contributed by atoms with van der Waals surface area (Å²) in [6, 6.07) is 10.1. The third kappa shape index (κ3) is 2.15. The number of aromatic nitrogens is 5. The Morgan fingerprint density at radius 1 is 0.960 bits per heavy atom. The van der Waals surface area contributed by atoms with Crippen molar-refractivity contribution >= 4 is 22.1 Å². The van der Waals surface area contributed by atoms with Crippen LogP contribution in [-0.4, -0.2) is 24.3 Å². The molecular weight excluding hydrogens is 314 g/mol. The van der Waals surface area contributed by atoms with Gasteiger partial charge in [-0.25, -0.2) is 4.98 Å². The molecule has 0 spiro atoms. The summed E-state index contributed by atoms with van der Waals surface area (Å²) in [5, 5.41) is 4.25. The number of imidazole rings is 1. The van der Waals surface area contributed by atoms with E-state index in [4.69, 9.17) is 4.42 Å². The molecule has 4 aromatic heterocycles. The molecule has 6 nitrogen and oxygen atoms in total. The molecule has 122 valence electrons. The summed E-state index contributed by atoms with van der Waals surface area (Å²) in [7, 11) is 3.89. The fourth-order valence-electron chi connectivity index (χ4n) is 3.16. The van der Waals surface area contributed by atoms with Crippen LogP contribution in [0.5, 0.6) is 0 Å². The molecular formula is C19H15N5O. The Balaban J connectivity index is 1.69. The van der Waals surface area contributed by atoms with E-state index in [1.807, 2.05) is 61.6 Å². The highest BCUT2D eigenvalue weighted by atomic mass is 16.3. The normalized spacial score (nSPS) is 11.6. The van der Waals surface area contributed by atoms with E-state index in [1.54, 1.807) is 10.9 Å². The molecule has 0 saturated carbocycles. The highest BCUT2D eigenvalue weighted by molar-refractivity contribution is 5.92. The van der Waals surface area contributed by atoms with Crippen LogP contribution in [0.25, 0.3) is 44.6 Å². The molecule has 0 atom stereocenters. The first-order valence-electron chi connectivity index (χ1n) is 7.98. The van der Waals surface area contributed by atoms with Gasteiger partial charge in [-0.15, -0.1) is 0 Å². The lowest BCUT2D eigenvalue weighted by Gasteiger charge is -1.99. The maximum absolute atomic E-state index is 6.17. The van der Waals surface area contributed by atoms with Gasteiger partial charge in [-0.2, -0.15) is 5.10 Å². The minimum absolute atomic E-state index is 0.770. The summed E-state index contributed by atoms with van der Waals surface area (Å²) in [4.78, 5) is 8.87. The van der Waals surface area contributed by atoms with E-state index in [1.165, 1.54) is 0 Å². The van der Waals surface area contributed by atoms with Gasteiger partial charge in [0.1, 0.15) is 11.3 Å². The van der Waals surface area contributed by atoms with Gasteiger partial charge in [0, 0.05) is 49.2 Å². The van der Waals surface area contributed by atoms with Crippen LogP contribution in [0.15, 0.2) is 59.7 Å². The van der Waals surface area contributed by atoms with Crippen molar-refractivity contribution in [3.63, 3.8) is 0 Å². The predicted molar refractivity (Wildman–Crippen MR) is 95.9 cm³/mol. The highest BCUT2D eigenvalue weighted by Gasteiger charge is 2.14. The van der Waals surface area contributed by atoms with Gasteiger partial charge in [0.15, 0.2) is 5.58 Å². The smallest absolute Gasteiger partial charge is 0.161 e. The fourth-order valence-corrected chi connectivity index (χ4v) is 3.16. The van der Waals surface area contributed by atoms with Gasteiger partial charge < -0.3 is 8.98 Å². The molecule has 0 aliphatic heterocycles. The van der Waals surface area contributed by atoms with Crippen molar-refractivity contribution in [2.75, 3.05) is 0 Å². The molecule has 6 heteroatoms. The molecule has 0 aliphatic carbocycles. The van der Waals surface area contributed by atoms with Gasteiger partial charge in [-0.3, -0.25) is 9.67 Å². The molecule has 25 heavy (non-hydrogen) atoms. The third-order valence-corrected chi connectivity index (χ3v) is 4.44. The van der Waals surface area contributed by atoms with E-state index in [2.05, 4.69) is 21.1 Å². The van der Waals surface area contributed by atoms with Crippen LogP contribution in [0.1, 0.15) is 0 Å². The monoisotopic (exact) mass is 329 g/mol. The summed E-state index contributed by atoms with van der Waals surface area (Å²) < 4.78 is 9.95. The van der Waals surface area contributed by atoms with Crippen LogP contribution < -0.4 is 0 Å². The summed E-state index contributed by atoms with van der Waals surface area (Å²) >= 11 is 0. The average molecular weight is 329 g/mol. The molecule has 0 amide bonds. The van der Waals surface area contributed by atoms with Crippen molar-refractivity contribution in [1.29, 1.82) is 0 Å². The molecule has 5 aromatic rings. The van der Waals surface area contributed by atoms with Crippen LogP contribution in [0, 0.1) is 0 Å². The molecule has 0 fully saturated rings. The molecule has 0 N–H and O–H groups in total. The second-order valence-corrected chi connectivity index (χ2v) is 6.15. The van der Waals surface area contributed by atoms with Crippen LogP contribution in [0.2, 0.25) is 0 Å². The van der Waals surface area contributed by atoms with Gasteiger partial charge in [0.25, 0.3) is 0 Å². The van der Waals surface area contributed by atoms with E-state index < -0.39 is 0 Å². The lowest BCUT2D eigenvalue weighted by Crippen LogP contribution is -1.84. The summed E-state index contributed by atoms with van der Waals surface area (Å²) in [5.41, 5.74) is 6.62. The average Bonchev–Trinajstić information content (AvgIpc) is 3.33. The standard InChI is InChI=1S/C19H15N5O/c1-23-11-21-15-7-12(3-4-17(15)23)18-8-16-19(25-18)14(5-6-20-16)13-9-22-24(2)10-13/h3-11H,1-2H3. The minimum atomic E-state index is 0.770. The lowest BCUT2D eigenvalue weighted by atomic mass is 10.1. The van der Waals surface area contributed by atoms with Gasteiger partial charge in [-0.05, 0) is 24.3 Å². The molecule has 0 saturated heterocycles. The Hall–Kier alpha value is -3.41. The van der Waals surface area contributed by atoms with E-state index >= 15 is 0 Å². The van der Waals surface area contributed by atoms with Crippen molar-refractivity contribution in [2.45, 2.75) is 0 Å². The Morgan fingerprint density at radius 3 is 2.72 bits per heavy atom. The Morgan fingerprint density at radius 2 is 1.88 bits per heavy atom. The second-order valence-electron chi connectivity index (χ2n) is 6.15. The lowest BCUT2D eigenvalue weighted by molar-refractivity contribution is 0.632. The first-order valence-corrected chi connectivity index (χ1v) is 7.98. The Bertz CT molecular complexity index is 1230. The van der Waals surface area contributed by atoms with Crippen molar-refractivity contribution in [2.24, 2.45) is 14.1 Å². The quantitative estimate of drug-likeness (QED) is 0.494. The van der Waals surface area contributed by atoms with Gasteiger partial charge in [-0.1, -0.05) is 0 Å². The van der Waals surface area contributed by atoms with E-state index in [-0.39, 0.29) is 0 Å². The van der Waals surface area contributed by atoms with Crippen LogP contribution in [0.4, 0.5) is 0 Å². The number of aryl methyl sites for hydroxylation is 2. The van der Waals surface area contributed by atoms with Crippen molar-refractivity contribution in [3.05, 3.63) is 55.2 Å². The number of hydrogen-bond acceptors (Lipinski definition) is 4. The van der Waals surface area contributed by atoms with Gasteiger partial charge in [0.05, 0.1) is 23.6 Å². The Kier molecular flexibility index (Phi) is 2.82. The molecule has 0 unspecified atom stereocenters. The summed E-state index contributed by atoms with van der Waals surface area (Å²) in [6.45, 7) is 0. The molecule has 4 heterocycles. The zero-order chi connectivity index (χ0) is 17.0. The number of rotatable bonds is 2. The van der Waals surface area contributed by atoms with Gasteiger partial charge >= 0.3 is 0 Å². The number of benzene rings is 1. The van der Waals surface area contributed by atoms with Crippen molar-refractivity contribution in [3.8, 4) is 22.5 Å². The van der Waals surface area contributed by atoms with E-state index in [0.717, 1.165) is 44.6 Å². The first kappa shape index (κ1) is 14.0. The van der Waals surface area contributed by atoms with E-state index in [0.29, 0.717) is 0 Å². The molecule has 1 aromatic carbocycles.